The zero-order valence-corrected chi connectivity index (χ0v) is 13.4. The van der Waals surface area contributed by atoms with Crippen molar-refractivity contribution in [3.05, 3.63) is 42.5 Å². The van der Waals surface area contributed by atoms with Gasteiger partial charge < -0.3 is 9.88 Å². The predicted molar refractivity (Wildman–Crippen MR) is 93.5 cm³/mol. The standard InChI is InChI=1S/C18H15N7/c19-10-25-4-3-12(9-25)17-22-16-6-13(7-20-18(16)23-17)11-1-2-15-14(5-11)8-21-24-15/h1-2,5-8,12H,3-4,9H2,(H,21,24)(H,20,22,23). The molecule has 1 aliphatic heterocycles. The van der Waals surface area contributed by atoms with Gasteiger partial charge in [-0.15, -0.1) is 0 Å². The van der Waals surface area contributed by atoms with Gasteiger partial charge in [0.05, 0.1) is 17.2 Å². The molecule has 0 amide bonds. The van der Waals surface area contributed by atoms with Crippen molar-refractivity contribution in [2.24, 2.45) is 0 Å². The smallest absolute Gasteiger partial charge is 0.179 e. The van der Waals surface area contributed by atoms with Gasteiger partial charge in [0.2, 0.25) is 0 Å². The molecule has 4 aromatic rings. The zero-order valence-electron chi connectivity index (χ0n) is 13.4. The number of likely N-dealkylation sites (tertiary alicyclic amines) is 1. The molecule has 25 heavy (non-hydrogen) atoms. The summed E-state index contributed by atoms with van der Waals surface area (Å²) in [4.78, 5) is 14.3. The molecule has 1 fully saturated rings. The van der Waals surface area contributed by atoms with E-state index in [1.807, 2.05) is 18.5 Å². The quantitative estimate of drug-likeness (QED) is 0.551. The monoisotopic (exact) mass is 329 g/mol. The fourth-order valence-corrected chi connectivity index (χ4v) is 3.47. The van der Waals surface area contributed by atoms with Crippen molar-refractivity contribution in [1.82, 2.24) is 30.0 Å². The molecule has 7 nitrogen and oxygen atoms in total. The average molecular weight is 329 g/mol. The van der Waals surface area contributed by atoms with Crippen molar-refractivity contribution < 1.29 is 0 Å². The number of aromatic nitrogens is 5. The van der Waals surface area contributed by atoms with Crippen LogP contribution < -0.4 is 0 Å². The highest BCUT2D eigenvalue weighted by molar-refractivity contribution is 5.86. The predicted octanol–water partition coefficient (Wildman–Crippen LogP) is 2.77. The van der Waals surface area contributed by atoms with E-state index in [1.54, 1.807) is 4.90 Å². The van der Waals surface area contributed by atoms with Crippen molar-refractivity contribution in [2.45, 2.75) is 12.3 Å². The third kappa shape index (κ3) is 2.31. The van der Waals surface area contributed by atoms with Gasteiger partial charge in [0, 0.05) is 36.2 Å². The van der Waals surface area contributed by atoms with Crippen LogP contribution in [-0.4, -0.2) is 43.1 Å². The Morgan fingerprint density at radius 1 is 1.16 bits per heavy atom. The minimum atomic E-state index is 0.264. The highest BCUT2D eigenvalue weighted by Crippen LogP contribution is 2.28. The Morgan fingerprint density at radius 3 is 3.00 bits per heavy atom. The molecule has 5 rings (SSSR count). The molecule has 0 aliphatic carbocycles. The number of nitrogens with zero attached hydrogens (tertiary/aromatic N) is 5. The second kappa shape index (κ2) is 5.31. The summed E-state index contributed by atoms with van der Waals surface area (Å²) in [5.41, 5.74) is 4.80. The molecule has 0 radical (unpaired) electrons. The summed E-state index contributed by atoms with van der Waals surface area (Å²) in [6.45, 7) is 1.52. The first-order valence-corrected chi connectivity index (χ1v) is 8.24. The zero-order chi connectivity index (χ0) is 16.8. The van der Waals surface area contributed by atoms with E-state index in [2.05, 4.69) is 49.5 Å². The van der Waals surface area contributed by atoms with Gasteiger partial charge in [-0.2, -0.15) is 10.4 Å². The van der Waals surface area contributed by atoms with E-state index in [1.165, 1.54) is 0 Å². The number of H-pyrrole nitrogens is 2. The molecular weight excluding hydrogens is 314 g/mol. The van der Waals surface area contributed by atoms with Crippen LogP contribution >= 0.6 is 0 Å². The van der Waals surface area contributed by atoms with Crippen LogP contribution in [0.1, 0.15) is 18.2 Å². The average Bonchev–Trinajstić information content (AvgIpc) is 3.37. The first-order valence-electron chi connectivity index (χ1n) is 8.24. The third-order valence-electron chi connectivity index (χ3n) is 4.85. The van der Waals surface area contributed by atoms with Crippen molar-refractivity contribution in [2.75, 3.05) is 13.1 Å². The Balaban J connectivity index is 1.52. The number of imidazole rings is 1. The molecule has 3 aromatic heterocycles. The van der Waals surface area contributed by atoms with Gasteiger partial charge in [0.1, 0.15) is 5.82 Å². The molecule has 2 N–H and O–H groups in total. The van der Waals surface area contributed by atoms with Gasteiger partial charge in [-0.1, -0.05) is 6.07 Å². The number of hydrogen-bond donors (Lipinski definition) is 2. The van der Waals surface area contributed by atoms with Crippen LogP contribution in [-0.2, 0) is 0 Å². The summed E-state index contributed by atoms with van der Waals surface area (Å²) in [6.07, 6.45) is 6.82. The van der Waals surface area contributed by atoms with Gasteiger partial charge in [0.15, 0.2) is 11.8 Å². The number of nitrogens with one attached hydrogen (secondary N) is 2. The van der Waals surface area contributed by atoms with Crippen molar-refractivity contribution >= 4 is 22.1 Å². The maximum Gasteiger partial charge on any atom is 0.179 e. The molecule has 0 spiro atoms. The van der Waals surface area contributed by atoms with Gasteiger partial charge in [-0.3, -0.25) is 5.10 Å². The molecule has 1 saturated heterocycles. The Kier molecular flexibility index (Phi) is 2.97. The summed E-state index contributed by atoms with van der Waals surface area (Å²) < 4.78 is 0. The fraction of sp³-hybridized carbons (Fsp3) is 0.222. The van der Waals surface area contributed by atoms with Crippen molar-refractivity contribution in [3.63, 3.8) is 0 Å². The van der Waals surface area contributed by atoms with Crippen LogP contribution in [0.2, 0.25) is 0 Å². The number of aromatic amines is 2. The number of hydrogen-bond acceptors (Lipinski definition) is 5. The van der Waals surface area contributed by atoms with E-state index in [9.17, 15) is 0 Å². The molecule has 7 heteroatoms. The maximum atomic E-state index is 9.02. The fourth-order valence-electron chi connectivity index (χ4n) is 3.47. The molecule has 1 aromatic carbocycles. The van der Waals surface area contributed by atoms with Crippen LogP contribution in [0.5, 0.6) is 0 Å². The molecule has 1 atom stereocenters. The second-order valence-electron chi connectivity index (χ2n) is 6.42. The van der Waals surface area contributed by atoms with Crippen LogP contribution in [0.3, 0.4) is 0 Å². The van der Waals surface area contributed by atoms with E-state index in [0.29, 0.717) is 0 Å². The van der Waals surface area contributed by atoms with Crippen molar-refractivity contribution in [3.8, 4) is 17.3 Å². The number of rotatable bonds is 2. The van der Waals surface area contributed by atoms with Crippen LogP contribution in [0.25, 0.3) is 33.2 Å². The maximum absolute atomic E-state index is 9.02. The van der Waals surface area contributed by atoms with Crippen LogP contribution in [0.15, 0.2) is 36.7 Å². The van der Waals surface area contributed by atoms with Gasteiger partial charge >= 0.3 is 0 Å². The lowest BCUT2D eigenvalue weighted by Gasteiger charge is -2.05. The first kappa shape index (κ1) is 14.0. The Labute approximate surface area is 143 Å². The van der Waals surface area contributed by atoms with Crippen LogP contribution in [0.4, 0.5) is 0 Å². The van der Waals surface area contributed by atoms with Crippen LogP contribution in [0, 0.1) is 11.5 Å². The Morgan fingerprint density at radius 2 is 2.12 bits per heavy atom. The number of pyridine rings is 1. The molecule has 4 heterocycles. The Hall–Kier alpha value is -3.40. The molecular formula is C18H15N7. The molecule has 1 unspecified atom stereocenters. The molecule has 1 aliphatic rings. The number of fused-ring (bicyclic) bond motifs is 2. The van der Waals surface area contributed by atoms with E-state index < -0.39 is 0 Å². The normalized spacial score (nSPS) is 17.4. The van der Waals surface area contributed by atoms with E-state index in [-0.39, 0.29) is 5.92 Å². The molecule has 0 saturated carbocycles. The SMILES string of the molecule is N#CN1CCC(c2nc3ncc(-c4ccc5[nH]ncc5c4)cc3[nH]2)C1. The van der Waals surface area contributed by atoms with Gasteiger partial charge in [-0.25, -0.2) is 9.97 Å². The largest absolute Gasteiger partial charge is 0.340 e. The minimum absolute atomic E-state index is 0.264. The van der Waals surface area contributed by atoms with Gasteiger partial charge in [-0.05, 0) is 30.2 Å². The Bertz CT molecular complexity index is 1120. The summed E-state index contributed by atoms with van der Waals surface area (Å²) in [5, 5.41) is 17.1. The second-order valence-corrected chi connectivity index (χ2v) is 6.42. The lowest BCUT2D eigenvalue weighted by Crippen LogP contribution is -2.13. The summed E-state index contributed by atoms with van der Waals surface area (Å²) >= 11 is 0. The minimum Gasteiger partial charge on any atom is -0.340 e. The highest BCUT2D eigenvalue weighted by Gasteiger charge is 2.25. The lowest BCUT2D eigenvalue weighted by molar-refractivity contribution is 0.477. The van der Waals surface area contributed by atoms with Gasteiger partial charge in [0.25, 0.3) is 0 Å². The summed E-state index contributed by atoms with van der Waals surface area (Å²) in [6, 6.07) is 8.26. The summed E-state index contributed by atoms with van der Waals surface area (Å²) in [7, 11) is 0. The topological polar surface area (TPSA) is 97.3 Å². The number of benzene rings is 1. The van der Waals surface area contributed by atoms with E-state index in [0.717, 1.165) is 58.5 Å². The van der Waals surface area contributed by atoms with E-state index in [4.69, 9.17) is 5.26 Å². The molecule has 122 valence electrons. The molecule has 0 bridgehead atoms. The van der Waals surface area contributed by atoms with Crippen molar-refractivity contribution in [1.29, 1.82) is 5.26 Å². The van der Waals surface area contributed by atoms with E-state index >= 15 is 0 Å². The first-order chi connectivity index (χ1) is 12.3. The lowest BCUT2D eigenvalue weighted by atomic mass is 10.1. The number of nitriles is 1. The summed E-state index contributed by atoms with van der Waals surface area (Å²) in [5.74, 6) is 1.18. The highest BCUT2D eigenvalue weighted by atomic mass is 15.1. The third-order valence-corrected chi connectivity index (χ3v) is 4.85.